The van der Waals surface area contributed by atoms with E-state index in [0.29, 0.717) is 17.1 Å². The van der Waals surface area contributed by atoms with Crippen LogP contribution in [-0.4, -0.2) is 20.7 Å². The van der Waals surface area contributed by atoms with Gasteiger partial charge in [-0.3, -0.25) is 10.4 Å². The minimum Gasteiger partial charge on any atom is -0.278 e. The largest absolute Gasteiger partial charge is 0.416 e. The van der Waals surface area contributed by atoms with Gasteiger partial charge in [0.2, 0.25) is 0 Å². The Morgan fingerprint density at radius 2 is 1.81 bits per heavy atom. The highest BCUT2D eigenvalue weighted by atomic mass is 32.1. The molecule has 1 aromatic carbocycles. The molecule has 0 bridgehead atoms. The van der Waals surface area contributed by atoms with Gasteiger partial charge >= 0.3 is 6.18 Å². The van der Waals surface area contributed by atoms with E-state index in [2.05, 4.69) is 25.5 Å². The van der Waals surface area contributed by atoms with Gasteiger partial charge in [0.15, 0.2) is 0 Å². The summed E-state index contributed by atoms with van der Waals surface area (Å²) in [7, 11) is 0. The number of benzene rings is 1. The molecule has 3 aromatic heterocycles. The second-order valence-electron chi connectivity index (χ2n) is 6.56. The fraction of sp³-hybridized carbons (Fsp3) is 0.0909. The van der Waals surface area contributed by atoms with Crippen molar-refractivity contribution in [2.24, 2.45) is 5.10 Å². The van der Waals surface area contributed by atoms with Gasteiger partial charge < -0.3 is 0 Å². The SMILES string of the molecule is C/C(=N\Nc1ccc(C(F)(F)F)cc1)c1cccc(-c2cnc(-c3cccnc3)s2)n1. The van der Waals surface area contributed by atoms with Gasteiger partial charge in [0.25, 0.3) is 0 Å². The number of hydrazone groups is 1. The summed E-state index contributed by atoms with van der Waals surface area (Å²) in [6.07, 6.45) is 0.877. The molecule has 0 fully saturated rings. The average Bonchev–Trinajstić information content (AvgIpc) is 3.28. The summed E-state index contributed by atoms with van der Waals surface area (Å²) in [5.41, 5.74) is 5.46. The maximum absolute atomic E-state index is 12.7. The molecule has 9 heteroatoms. The number of aromatic nitrogens is 3. The van der Waals surface area contributed by atoms with Crippen LogP contribution < -0.4 is 5.43 Å². The van der Waals surface area contributed by atoms with Gasteiger partial charge in [-0.1, -0.05) is 6.07 Å². The van der Waals surface area contributed by atoms with Gasteiger partial charge in [-0.25, -0.2) is 9.97 Å². The van der Waals surface area contributed by atoms with Crippen LogP contribution in [0.3, 0.4) is 0 Å². The van der Waals surface area contributed by atoms with Crippen molar-refractivity contribution in [2.45, 2.75) is 13.1 Å². The second-order valence-corrected chi connectivity index (χ2v) is 7.59. The first-order valence-electron chi connectivity index (χ1n) is 9.22. The van der Waals surface area contributed by atoms with Gasteiger partial charge in [-0.15, -0.1) is 11.3 Å². The van der Waals surface area contributed by atoms with Crippen molar-refractivity contribution in [3.05, 3.63) is 84.4 Å². The van der Waals surface area contributed by atoms with Gasteiger partial charge in [0.1, 0.15) is 5.01 Å². The normalized spacial score (nSPS) is 12.1. The smallest absolute Gasteiger partial charge is 0.278 e. The summed E-state index contributed by atoms with van der Waals surface area (Å²) in [6, 6.07) is 14.1. The zero-order valence-corrected chi connectivity index (χ0v) is 17.1. The minimum absolute atomic E-state index is 0.451. The lowest BCUT2D eigenvalue weighted by molar-refractivity contribution is -0.137. The molecule has 4 aromatic rings. The number of nitrogens with one attached hydrogen (secondary N) is 1. The number of alkyl halides is 3. The van der Waals surface area contributed by atoms with E-state index in [1.54, 1.807) is 25.5 Å². The lowest BCUT2D eigenvalue weighted by Crippen LogP contribution is -2.05. The van der Waals surface area contributed by atoms with E-state index in [4.69, 9.17) is 0 Å². The summed E-state index contributed by atoms with van der Waals surface area (Å²) in [5.74, 6) is 0. The van der Waals surface area contributed by atoms with Crippen LogP contribution in [0.5, 0.6) is 0 Å². The van der Waals surface area contributed by atoms with Crippen LogP contribution in [0, 0.1) is 0 Å². The van der Waals surface area contributed by atoms with E-state index in [1.807, 2.05) is 30.3 Å². The number of thiazole rings is 1. The highest BCUT2D eigenvalue weighted by Crippen LogP contribution is 2.31. The Balaban J connectivity index is 1.51. The zero-order valence-electron chi connectivity index (χ0n) is 16.3. The van der Waals surface area contributed by atoms with E-state index in [9.17, 15) is 13.2 Å². The molecule has 0 radical (unpaired) electrons. The molecule has 0 aliphatic heterocycles. The molecule has 0 amide bonds. The van der Waals surface area contributed by atoms with Crippen LogP contribution in [0.1, 0.15) is 18.2 Å². The van der Waals surface area contributed by atoms with Crippen LogP contribution >= 0.6 is 11.3 Å². The van der Waals surface area contributed by atoms with E-state index in [0.717, 1.165) is 33.3 Å². The third-order valence-electron chi connectivity index (χ3n) is 4.35. The number of anilines is 1. The number of rotatable bonds is 5. The molecule has 1 N–H and O–H groups in total. The zero-order chi connectivity index (χ0) is 21.8. The lowest BCUT2D eigenvalue weighted by atomic mass is 10.2. The molecule has 0 unspecified atom stereocenters. The quantitative estimate of drug-likeness (QED) is 0.300. The van der Waals surface area contributed by atoms with Gasteiger partial charge in [0.05, 0.1) is 33.2 Å². The fourth-order valence-electron chi connectivity index (χ4n) is 2.73. The van der Waals surface area contributed by atoms with Crippen LogP contribution in [0.15, 0.2) is 78.3 Å². The Bertz CT molecular complexity index is 1200. The van der Waals surface area contributed by atoms with E-state index in [-0.39, 0.29) is 0 Å². The van der Waals surface area contributed by atoms with E-state index < -0.39 is 11.7 Å². The fourth-order valence-corrected chi connectivity index (χ4v) is 3.60. The summed E-state index contributed by atoms with van der Waals surface area (Å²) in [5, 5.41) is 5.10. The molecule has 0 atom stereocenters. The number of hydrogen-bond acceptors (Lipinski definition) is 6. The molecule has 0 saturated heterocycles. The van der Waals surface area contributed by atoms with Crippen molar-refractivity contribution in [3.63, 3.8) is 0 Å². The van der Waals surface area contributed by atoms with Crippen LogP contribution in [0.2, 0.25) is 0 Å². The Hall–Kier alpha value is -3.59. The summed E-state index contributed by atoms with van der Waals surface area (Å²) < 4.78 is 38.0. The molecule has 5 nitrogen and oxygen atoms in total. The van der Waals surface area contributed by atoms with Crippen molar-refractivity contribution in [1.29, 1.82) is 0 Å². The van der Waals surface area contributed by atoms with Crippen molar-refractivity contribution in [2.75, 3.05) is 5.43 Å². The minimum atomic E-state index is -4.37. The van der Waals surface area contributed by atoms with Crippen LogP contribution in [0.4, 0.5) is 18.9 Å². The van der Waals surface area contributed by atoms with E-state index in [1.165, 1.54) is 23.5 Å². The predicted molar refractivity (Wildman–Crippen MR) is 116 cm³/mol. The topological polar surface area (TPSA) is 63.1 Å². The molecule has 4 rings (SSSR count). The third kappa shape index (κ3) is 4.95. The highest BCUT2D eigenvalue weighted by molar-refractivity contribution is 7.18. The first-order chi connectivity index (χ1) is 14.9. The highest BCUT2D eigenvalue weighted by Gasteiger charge is 2.29. The Morgan fingerprint density at radius 3 is 2.52 bits per heavy atom. The molecule has 0 saturated carbocycles. The van der Waals surface area contributed by atoms with Crippen molar-refractivity contribution >= 4 is 22.7 Å². The second kappa shape index (κ2) is 8.65. The summed E-state index contributed by atoms with van der Waals surface area (Å²) in [4.78, 5) is 14.1. The Kier molecular flexibility index (Phi) is 5.77. The lowest BCUT2D eigenvalue weighted by Gasteiger charge is -2.08. The Labute approximate surface area is 180 Å². The molecule has 31 heavy (non-hydrogen) atoms. The first kappa shape index (κ1) is 20.7. The van der Waals surface area contributed by atoms with Crippen molar-refractivity contribution in [3.8, 4) is 21.1 Å². The average molecular weight is 439 g/mol. The Morgan fingerprint density at radius 1 is 1.00 bits per heavy atom. The van der Waals surface area contributed by atoms with E-state index >= 15 is 0 Å². The number of halogens is 3. The molecule has 0 spiro atoms. The van der Waals surface area contributed by atoms with Gasteiger partial charge in [0, 0.05) is 24.2 Å². The van der Waals surface area contributed by atoms with Gasteiger partial charge in [-0.05, 0) is 55.5 Å². The van der Waals surface area contributed by atoms with Crippen LogP contribution in [-0.2, 0) is 6.18 Å². The molecule has 3 heterocycles. The molecule has 0 aliphatic rings. The summed E-state index contributed by atoms with van der Waals surface area (Å²) in [6.45, 7) is 1.77. The molecule has 0 aliphatic carbocycles. The first-order valence-corrected chi connectivity index (χ1v) is 10.0. The molecular formula is C22H16F3N5S. The monoisotopic (exact) mass is 439 g/mol. The maximum Gasteiger partial charge on any atom is 0.416 e. The summed E-state index contributed by atoms with van der Waals surface area (Å²) >= 11 is 1.51. The van der Waals surface area contributed by atoms with Crippen LogP contribution in [0.25, 0.3) is 21.1 Å². The molecular weight excluding hydrogens is 423 g/mol. The molecule has 156 valence electrons. The predicted octanol–water partition coefficient (Wildman–Crippen LogP) is 6.12. The van der Waals surface area contributed by atoms with Gasteiger partial charge in [-0.2, -0.15) is 18.3 Å². The number of hydrogen-bond donors (Lipinski definition) is 1. The number of nitrogens with zero attached hydrogens (tertiary/aromatic N) is 4. The van der Waals surface area contributed by atoms with Crippen molar-refractivity contribution in [1.82, 2.24) is 15.0 Å². The van der Waals surface area contributed by atoms with Crippen molar-refractivity contribution < 1.29 is 13.2 Å². The third-order valence-corrected chi connectivity index (χ3v) is 5.42. The number of pyridine rings is 2. The maximum atomic E-state index is 12.7. The standard InChI is InChI=1S/C22H16F3N5S/c1-14(29-30-17-9-7-16(8-10-17)22(23,24)25)18-5-2-6-19(28-18)20-13-27-21(31-20)15-4-3-11-26-12-15/h2-13,30H,1H3/b29-14+.